The van der Waals surface area contributed by atoms with Crippen molar-refractivity contribution in [2.75, 3.05) is 19.3 Å². The molecule has 0 saturated heterocycles. The van der Waals surface area contributed by atoms with E-state index in [4.69, 9.17) is 0 Å². The maximum Gasteiger partial charge on any atom is 0.123 e. The molecule has 2 aromatic rings. The minimum absolute atomic E-state index is 0.162. The van der Waals surface area contributed by atoms with Gasteiger partial charge in [-0.2, -0.15) is 0 Å². The highest BCUT2D eigenvalue weighted by Gasteiger charge is 2.02. The molecule has 2 aromatic carbocycles. The minimum atomic E-state index is -0.162. The Hall–Kier alpha value is -1.32. The second-order valence-corrected chi connectivity index (χ2v) is 5.70. The van der Waals surface area contributed by atoms with Gasteiger partial charge in [-0.3, -0.25) is 0 Å². The zero-order valence-electron chi connectivity index (χ0n) is 11.1. The van der Waals surface area contributed by atoms with Crippen molar-refractivity contribution >= 4 is 11.8 Å². The van der Waals surface area contributed by atoms with Crippen molar-refractivity contribution < 1.29 is 4.39 Å². The third kappa shape index (κ3) is 5.05. The van der Waals surface area contributed by atoms with Crippen molar-refractivity contribution in [3.8, 4) is 0 Å². The van der Waals surface area contributed by atoms with Crippen LogP contribution in [0.5, 0.6) is 0 Å². The molecule has 0 fully saturated rings. The Morgan fingerprint density at radius 2 is 1.84 bits per heavy atom. The molecular formula is C16H18FNS. The molecule has 1 nitrogen and oxygen atoms in total. The SMILES string of the molecule is CN(CCSc1ccccc1)Cc1cccc(F)c1. The van der Waals surface area contributed by atoms with Crippen LogP contribution in [0, 0.1) is 5.82 Å². The van der Waals surface area contributed by atoms with Gasteiger partial charge in [0.1, 0.15) is 5.82 Å². The number of nitrogens with zero attached hydrogens (tertiary/aromatic N) is 1. The topological polar surface area (TPSA) is 3.24 Å². The Morgan fingerprint density at radius 3 is 2.58 bits per heavy atom. The molecule has 0 radical (unpaired) electrons. The van der Waals surface area contributed by atoms with Crippen molar-refractivity contribution in [1.82, 2.24) is 4.90 Å². The first-order chi connectivity index (χ1) is 9.24. The van der Waals surface area contributed by atoms with Gasteiger partial charge in [0.05, 0.1) is 0 Å². The number of rotatable bonds is 6. The largest absolute Gasteiger partial charge is 0.301 e. The van der Waals surface area contributed by atoms with Crippen molar-refractivity contribution in [2.45, 2.75) is 11.4 Å². The lowest BCUT2D eigenvalue weighted by atomic mass is 10.2. The molecule has 3 heteroatoms. The van der Waals surface area contributed by atoms with Crippen LogP contribution in [-0.2, 0) is 6.54 Å². The van der Waals surface area contributed by atoms with E-state index in [2.05, 4.69) is 36.2 Å². The lowest BCUT2D eigenvalue weighted by molar-refractivity contribution is 0.348. The predicted octanol–water partition coefficient (Wildman–Crippen LogP) is 4.05. The van der Waals surface area contributed by atoms with Crippen LogP contribution >= 0.6 is 11.8 Å². The third-order valence-electron chi connectivity index (χ3n) is 2.83. The van der Waals surface area contributed by atoms with E-state index in [9.17, 15) is 4.39 Å². The Labute approximate surface area is 118 Å². The van der Waals surface area contributed by atoms with Gasteiger partial charge in [-0.1, -0.05) is 30.3 Å². The average Bonchev–Trinajstić information content (AvgIpc) is 2.40. The first kappa shape index (κ1) is 14.1. The smallest absolute Gasteiger partial charge is 0.123 e. The standard InChI is InChI=1S/C16H18FNS/c1-18(13-14-6-5-7-15(17)12-14)10-11-19-16-8-3-2-4-9-16/h2-9,12H,10-11,13H2,1H3. The van der Waals surface area contributed by atoms with Crippen LogP contribution in [0.2, 0.25) is 0 Å². The Bertz CT molecular complexity index is 501. The molecule has 0 aliphatic carbocycles. The fraction of sp³-hybridized carbons (Fsp3) is 0.250. The summed E-state index contributed by atoms with van der Waals surface area (Å²) in [4.78, 5) is 3.51. The van der Waals surface area contributed by atoms with Crippen LogP contribution in [0.15, 0.2) is 59.5 Å². The van der Waals surface area contributed by atoms with Crippen molar-refractivity contribution in [3.63, 3.8) is 0 Å². The van der Waals surface area contributed by atoms with Crippen LogP contribution < -0.4 is 0 Å². The molecule has 0 unspecified atom stereocenters. The van der Waals surface area contributed by atoms with Crippen LogP contribution in [0.4, 0.5) is 4.39 Å². The lowest BCUT2D eigenvalue weighted by Gasteiger charge is -2.16. The summed E-state index contributed by atoms with van der Waals surface area (Å²) < 4.78 is 13.1. The highest BCUT2D eigenvalue weighted by Crippen LogP contribution is 2.17. The summed E-state index contributed by atoms with van der Waals surface area (Å²) in [5.41, 5.74) is 1.02. The maximum absolute atomic E-state index is 13.1. The van der Waals surface area contributed by atoms with E-state index in [0.29, 0.717) is 0 Å². The molecule has 0 aliphatic heterocycles. The number of hydrogen-bond donors (Lipinski definition) is 0. The van der Waals surface area contributed by atoms with E-state index in [1.807, 2.05) is 23.9 Å². The monoisotopic (exact) mass is 275 g/mol. The second kappa shape index (κ2) is 7.31. The van der Waals surface area contributed by atoms with Gasteiger partial charge in [0.25, 0.3) is 0 Å². The van der Waals surface area contributed by atoms with Crippen LogP contribution in [-0.4, -0.2) is 24.2 Å². The highest BCUT2D eigenvalue weighted by atomic mass is 32.2. The van der Waals surface area contributed by atoms with Gasteiger partial charge in [0.2, 0.25) is 0 Å². The molecule has 0 aliphatic rings. The molecule has 2 rings (SSSR count). The van der Waals surface area contributed by atoms with E-state index in [0.717, 1.165) is 24.4 Å². The first-order valence-corrected chi connectivity index (χ1v) is 7.33. The zero-order valence-corrected chi connectivity index (χ0v) is 11.9. The Balaban J connectivity index is 1.74. The van der Waals surface area contributed by atoms with E-state index in [-0.39, 0.29) is 5.82 Å². The van der Waals surface area contributed by atoms with Crippen LogP contribution in [0.1, 0.15) is 5.56 Å². The first-order valence-electron chi connectivity index (χ1n) is 6.35. The van der Waals surface area contributed by atoms with Gasteiger partial charge in [-0.25, -0.2) is 4.39 Å². The predicted molar refractivity (Wildman–Crippen MR) is 79.9 cm³/mol. The van der Waals surface area contributed by atoms with Gasteiger partial charge in [0.15, 0.2) is 0 Å². The summed E-state index contributed by atoms with van der Waals surface area (Å²) in [6.07, 6.45) is 0. The second-order valence-electron chi connectivity index (χ2n) is 4.53. The van der Waals surface area contributed by atoms with E-state index in [1.165, 1.54) is 11.0 Å². The summed E-state index contributed by atoms with van der Waals surface area (Å²) >= 11 is 1.85. The Morgan fingerprint density at radius 1 is 1.05 bits per heavy atom. The molecule has 0 aromatic heterocycles. The van der Waals surface area contributed by atoms with Gasteiger partial charge < -0.3 is 4.90 Å². The van der Waals surface area contributed by atoms with Crippen molar-refractivity contribution in [3.05, 3.63) is 66.0 Å². The summed E-state index contributed by atoms with van der Waals surface area (Å²) in [5, 5.41) is 0. The molecule has 100 valence electrons. The minimum Gasteiger partial charge on any atom is -0.301 e. The fourth-order valence-corrected chi connectivity index (χ4v) is 2.85. The molecule has 0 atom stereocenters. The van der Waals surface area contributed by atoms with Gasteiger partial charge in [0, 0.05) is 23.7 Å². The Kier molecular flexibility index (Phi) is 5.43. The van der Waals surface area contributed by atoms with Crippen LogP contribution in [0.25, 0.3) is 0 Å². The number of thioether (sulfide) groups is 1. The number of halogens is 1. The van der Waals surface area contributed by atoms with E-state index < -0.39 is 0 Å². The number of benzene rings is 2. The van der Waals surface area contributed by atoms with Crippen molar-refractivity contribution in [2.24, 2.45) is 0 Å². The average molecular weight is 275 g/mol. The summed E-state index contributed by atoms with van der Waals surface area (Å²) in [5.74, 6) is 0.875. The molecule has 0 N–H and O–H groups in total. The molecule has 0 saturated carbocycles. The lowest BCUT2D eigenvalue weighted by Crippen LogP contribution is -2.20. The molecule has 0 amide bonds. The number of hydrogen-bond acceptors (Lipinski definition) is 2. The van der Waals surface area contributed by atoms with Gasteiger partial charge in [-0.15, -0.1) is 11.8 Å². The third-order valence-corrected chi connectivity index (χ3v) is 3.82. The summed E-state index contributed by atoms with van der Waals surface area (Å²) in [6.45, 7) is 1.77. The van der Waals surface area contributed by atoms with Gasteiger partial charge >= 0.3 is 0 Å². The van der Waals surface area contributed by atoms with Gasteiger partial charge in [-0.05, 0) is 36.9 Å². The highest BCUT2D eigenvalue weighted by molar-refractivity contribution is 7.99. The molecule has 0 heterocycles. The maximum atomic E-state index is 13.1. The fourth-order valence-electron chi connectivity index (χ4n) is 1.86. The molecule has 19 heavy (non-hydrogen) atoms. The zero-order chi connectivity index (χ0) is 13.5. The normalized spacial score (nSPS) is 10.9. The molecular weight excluding hydrogens is 257 g/mol. The molecule has 0 bridgehead atoms. The summed E-state index contributed by atoms with van der Waals surface area (Å²) in [6, 6.07) is 17.2. The van der Waals surface area contributed by atoms with E-state index >= 15 is 0 Å². The molecule has 0 spiro atoms. The summed E-state index contributed by atoms with van der Waals surface area (Å²) in [7, 11) is 2.07. The van der Waals surface area contributed by atoms with Crippen molar-refractivity contribution in [1.29, 1.82) is 0 Å². The van der Waals surface area contributed by atoms with E-state index in [1.54, 1.807) is 12.1 Å². The quantitative estimate of drug-likeness (QED) is 0.732. The van der Waals surface area contributed by atoms with Crippen LogP contribution in [0.3, 0.4) is 0 Å².